The number of amides is 1. The number of rotatable bonds is 5. The van der Waals surface area contributed by atoms with E-state index in [-0.39, 0.29) is 6.54 Å². The number of nitrogens with one attached hydrogen (secondary N) is 1. The largest absolute Gasteiger partial charge is 0.476 e. The van der Waals surface area contributed by atoms with Crippen LogP contribution in [0.3, 0.4) is 0 Å². The minimum absolute atomic E-state index is 0.0844. The van der Waals surface area contributed by atoms with Crippen LogP contribution in [0.2, 0.25) is 0 Å². The van der Waals surface area contributed by atoms with Crippen LogP contribution in [0.1, 0.15) is 11.1 Å². The van der Waals surface area contributed by atoms with Crippen LogP contribution in [-0.4, -0.2) is 40.3 Å². The first-order valence-corrected chi connectivity index (χ1v) is 10.3. The van der Waals surface area contributed by atoms with Crippen molar-refractivity contribution in [3.63, 3.8) is 0 Å². The van der Waals surface area contributed by atoms with E-state index in [1.807, 2.05) is 25.1 Å². The van der Waals surface area contributed by atoms with Gasteiger partial charge in [0, 0.05) is 12.8 Å². The molecule has 144 valence electrons. The number of hydrogen-bond donors (Lipinski definition) is 1. The number of hydrogen-bond acceptors (Lipinski definition) is 5. The second kappa shape index (κ2) is 7.58. The van der Waals surface area contributed by atoms with Crippen LogP contribution in [0.5, 0.6) is 5.75 Å². The van der Waals surface area contributed by atoms with Crippen LogP contribution in [0, 0.1) is 6.92 Å². The molecule has 1 amide bonds. The number of aryl methyl sites for hydroxylation is 1. The first-order chi connectivity index (χ1) is 12.8. The average molecular weight is 390 g/mol. The molecule has 0 aliphatic carbocycles. The van der Waals surface area contributed by atoms with Crippen LogP contribution in [0.15, 0.2) is 42.5 Å². The van der Waals surface area contributed by atoms with E-state index in [1.54, 1.807) is 31.4 Å². The van der Waals surface area contributed by atoms with E-state index in [0.29, 0.717) is 23.7 Å². The molecule has 0 radical (unpaired) electrons. The predicted molar refractivity (Wildman–Crippen MR) is 104 cm³/mol. The summed E-state index contributed by atoms with van der Waals surface area (Å²) in [6, 6.07) is 12.5. The van der Waals surface area contributed by atoms with Crippen LogP contribution in [0.25, 0.3) is 0 Å². The highest BCUT2D eigenvalue weighted by Gasteiger charge is 2.35. The van der Waals surface area contributed by atoms with Crippen molar-refractivity contribution in [2.24, 2.45) is 0 Å². The molecule has 1 atom stereocenters. The lowest BCUT2D eigenvalue weighted by Gasteiger charge is -2.34. The third-order valence-electron chi connectivity index (χ3n) is 4.18. The quantitative estimate of drug-likeness (QED) is 0.847. The van der Waals surface area contributed by atoms with Crippen molar-refractivity contribution >= 4 is 27.3 Å². The zero-order chi connectivity index (χ0) is 19.6. The Labute approximate surface area is 158 Å². The molecule has 0 saturated carbocycles. The Balaban J connectivity index is 1.84. The zero-order valence-electron chi connectivity index (χ0n) is 15.4. The van der Waals surface area contributed by atoms with Crippen LogP contribution in [0.4, 0.5) is 11.4 Å². The molecule has 2 aromatic rings. The van der Waals surface area contributed by atoms with E-state index >= 15 is 0 Å². The summed E-state index contributed by atoms with van der Waals surface area (Å²) >= 11 is 0. The Morgan fingerprint density at radius 3 is 2.78 bits per heavy atom. The first-order valence-electron chi connectivity index (χ1n) is 8.41. The molecule has 27 heavy (non-hydrogen) atoms. The minimum atomic E-state index is -3.55. The van der Waals surface area contributed by atoms with Crippen molar-refractivity contribution in [3.05, 3.63) is 53.6 Å². The molecule has 1 aliphatic heterocycles. The maximum atomic E-state index is 12.7. The highest BCUT2D eigenvalue weighted by atomic mass is 32.2. The Bertz CT molecular complexity index is 958. The second-order valence-electron chi connectivity index (χ2n) is 6.49. The van der Waals surface area contributed by atoms with Gasteiger partial charge in [-0.05, 0) is 42.3 Å². The first kappa shape index (κ1) is 19.2. The van der Waals surface area contributed by atoms with Crippen molar-refractivity contribution in [1.29, 1.82) is 0 Å². The summed E-state index contributed by atoms with van der Waals surface area (Å²) in [7, 11) is -1.96. The zero-order valence-corrected chi connectivity index (χ0v) is 16.2. The summed E-state index contributed by atoms with van der Waals surface area (Å²) in [5.41, 5.74) is 2.87. The van der Waals surface area contributed by atoms with Gasteiger partial charge in [-0.3, -0.25) is 9.10 Å². The van der Waals surface area contributed by atoms with E-state index in [4.69, 9.17) is 9.47 Å². The van der Waals surface area contributed by atoms with E-state index < -0.39 is 22.0 Å². The molecule has 2 aromatic carbocycles. The van der Waals surface area contributed by atoms with E-state index in [2.05, 4.69) is 5.32 Å². The summed E-state index contributed by atoms with van der Waals surface area (Å²) in [5, 5.41) is 2.78. The Kier molecular flexibility index (Phi) is 5.38. The number of nitrogens with zero attached hydrogens (tertiary/aromatic N) is 1. The molecule has 8 heteroatoms. The Morgan fingerprint density at radius 1 is 1.30 bits per heavy atom. The summed E-state index contributed by atoms with van der Waals surface area (Å²) < 4.78 is 36.5. The standard InChI is InChI=1S/C19H22N2O5S/c1-13-7-8-17-16(9-13)21(27(3,23)24)11-18(26-17)19(22)20-15-6-4-5-14(10-15)12-25-2/h4-10,18H,11-12H2,1-3H3,(H,20,22). The molecule has 0 spiro atoms. The number of methoxy groups -OCH3 is 1. The third kappa shape index (κ3) is 4.40. The highest BCUT2D eigenvalue weighted by molar-refractivity contribution is 7.92. The molecule has 0 saturated heterocycles. The molecule has 1 heterocycles. The van der Waals surface area contributed by atoms with Gasteiger partial charge in [0.05, 0.1) is 25.1 Å². The monoisotopic (exact) mass is 390 g/mol. The lowest BCUT2D eigenvalue weighted by molar-refractivity contribution is -0.122. The van der Waals surface area contributed by atoms with Crippen LogP contribution < -0.4 is 14.4 Å². The number of benzene rings is 2. The average Bonchev–Trinajstić information content (AvgIpc) is 2.60. The SMILES string of the molecule is COCc1cccc(NC(=O)C2CN(S(C)(=O)=O)c3cc(C)ccc3O2)c1. The van der Waals surface area contributed by atoms with Gasteiger partial charge >= 0.3 is 0 Å². The summed E-state index contributed by atoms with van der Waals surface area (Å²) in [5.74, 6) is -0.0463. The van der Waals surface area contributed by atoms with Gasteiger partial charge in [-0.1, -0.05) is 18.2 Å². The van der Waals surface area contributed by atoms with Gasteiger partial charge in [-0.15, -0.1) is 0 Å². The second-order valence-corrected chi connectivity index (χ2v) is 8.40. The molecule has 1 N–H and O–H groups in total. The van der Waals surface area contributed by atoms with Crippen molar-refractivity contribution in [3.8, 4) is 5.75 Å². The van der Waals surface area contributed by atoms with Crippen molar-refractivity contribution in [1.82, 2.24) is 0 Å². The van der Waals surface area contributed by atoms with Crippen molar-refractivity contribution in [2.75, 3.05) is 29.5 Å². The van der Waals surface area contributed by atoms with E-state index in [0.717, 1.165) is 17.4 Å². The molecular formula is C19H22N2O5S. The Hall–Kier alpha value is -2.58. The summed E-state index contributed by atoms with van der Waals surface area (Å²) in [6.07, 6.45) is 0.161. The predicted octanol–water partition coefficient (Wildman–Crippen LogP) is 2.31. The van der Waals surface area contributed by atoms with E-state index in [9.17, 15) is 13.2 Å². The normalized spacial score (nSPS) is 16.4. The lowest BCUT2D eigenvalue weighted by Crippen LogP contribution is -2.48. The highest BCUT2D eigenvalue weighted by Crippen LogP contribution is 2.36. The number of sulfonamides is 1. The number of carbonyl (C=O) groups is 1. The maximum Gasteiger partial charge on any atom is 0.267 e. The molecule has 3 rings (SSSR count). The number of ether oxygens (including phenoxy) is 2. The molecule has 0 aromatic heterocycles. The fourth-order valence-electron chi connectivity index (χ4n) is 2.94. The molecular weight excluding hydrogens is 368 g/mol. The van der Waals surface area contributed by atoms with Crippen molar-refractivity contribution < 1.29 is 22.7 Å². The fourth-order valence-corrected chi connectivity index (χ4v) is 3.85. The van der Waals surface area contributed by atoms with E-state index in [1.165, 1.54) is 4.31 Å². The van der Waals surface area contributed by atoms with Crippen LogP contribution in [-0.2, 0) is 26.2 Å². The number of carbonyl (C=O) groups excluding carboxylic acids is 1. The molecule has 0 bridgehead atoms. The third-order valence-corrected chi connectivity index (χ3v) is 5.33. The van der Waals surface area contributed by atoms with Gasteiger partial charge in [-0.25, -0.2) is 8.42 Å². The number of fused-ring (bicyclic) bond motifs is 1. The molecule has 7 nitrogen and oxygen atoms in total. The Morgan fingerprint density at radius 2 is 2.07 bits per heavy atom. The van der Waals surface area contributed by atoms with Gasteiger partial charge < -0.3 is 14.8 Å². The van der Waals surface area contributed by atoms with Gasteiger partial charge in [0.15, 0.2) is 6.10 Å². The topological polar surface area (TPSA) is 84.9 Å². The fraction of sp³-hybridized carbons (Fsp3) is 0.316. The van der Waals surface area contributed by atoms with Gasteiger partial charge in [0.2, 0.25) is 10.0 Å². The maximum absolute atomic E-state index is 12.7. The summed E-state index contributed by atoms with van der Waals surface area (Å²) in [6.45, 7) is 2.21. The van der Waals surface area contributed by atoms with Gasteiger partial charge in [0.25, 0.3) is 5.91 Å². The smallest absolute Gasteiger partial charge is 0.267 e. The van der Waals surface area contributed by atoms with Gasteiger partial charge in [0.1, 0.15) is 5.75 Å². The molecule has 1 aliphatic rings. The minimum Gasteiger partial charge on any atom is -0.476 e. The molecule has 1 unspecified atom stereocenters. The number of anilines is 2. The molecule has 0 fully saturated rings. The van der Waals surface area contributed by atoms with Crippen molar-refractivity contribution in [2.45, 2.75) is 19.6 Å². The van der Waals surface area contributed by atoms with Gasteiger partial charge in [-0.2, -0.15) is 0 Å². The summed E-state index contributed by atoms with van der Waals surface area (Å²) in [4.78, 5) is 12.7. The van der Waals surface area contributed by atoms with Crippen LogP contribution >= 0.6 is 0 Å². The lowest BCUT2D eigenvalue weighted by atomic mass is 10.1.